The first-order valence-corrected chi connectivity index (χ1v) is 7.08. The van der Waals surface area contributed by atoms with Crippen LogP contribution in [0.3, 0.4) is 0 Å². The summed E-state index contributed by atoms with van der Waals surface area (Å²) in [4.78, 5) is 4.35. The van der Waals surface area contributed by atoms with Gasteiger partial charge in [0, 0.05) is 24.7 Å². The van der Waals surface area contributed by atoms with E-state index in [2.05, 4.69) is 9.80 Å². The second kappa shape index (κ2) is 6.61. The van der Waals surface area contributed by atoms with Gasteiger partial charge in [-0.25, -0.2) is 8.78 Å². The molecule has 5 heteroatoms. The Morgan fingerprint density at radius 3 is 2.80 bits per heavy atom. The first kappa shape index (κ1) is 15.4. The highest BCUT2D eigenvalue weighted by Gasteiger charge is 2.28. The van der Waals surface area contributed by atoms with Gasteiger partial charge in [0.05, 0.1) is 6.04 Å². The summed E-state index contributed by atoms with van der Waals surface area (Å²) < 4.78 is 27.3. The molecule has 0 aromatic heterocycles. The fraction of sp³-hybridized carbons (Fsp3) is 0.600. The summed E-state index contributed by atoms with van der Waals surface area (Å²) in [5.74, 6) is -0.796. The number of halogens is 2. The van der Waals surface area contributed by atoms with Crippen molar-refractivity contribution in [2.75, 3.05) is 33.7 Å². The van der Waals surface area contributed by atoms with Crippen LogP contribution in [0.15, 0.2) is 18.2 Å². The van der Waals surface area contributed by atoms with Gasteiger partial charge in [0.15, 0.2) is 0 Å². The van der Waals surface area contributed by atoms with Crippen LogP contribution in [0.1, 0.15) is 24.4 Å². The van der Waals surface area contributed by atoms with Crippen molar-refractivity contribution >= 4 is 0 Å². The van der Waals surface area contributed by atoms with Gasteiger partial charge < -0.3 is 10.6 Å². The zero-order valence-electron chi connectivity index (χ0n) is 12.1. The average Bonchev–Trinajstić information content (AvgIpc) is 2.44. The highest BCUT2D eigenvalue weighted by atomic mass is 19.1. The van der Waals surface area contributed by atoms with E-state index in [4.69, 9.17) is 5.73 Å². The summed E-state index contributed by atoms with van der Waals surface area (Å²) in [6.07, 6.45) is 2.18. The number of nitrogens with two attached hydrogens (primary N) is 1. The fourth-order valence-corrected chi connectivity index (χ4v) is 2.93. The topological polar surface area (TPSA) is 32.5 Å². The average molecular weight is 283 g/mol. The van der Waals surface area contributed by atoms with E-state index in [0.29, 0.717) is 18.2 Å². The minimum atomic E-state index is -0.416. The second-order valence-corrected chi connectivity index (χ2v) is 5.67. The molecule has 2 atom stereocenters. The monoisotopic (exact) mass is 283 g/mol. The van der Waals surface area contributed by atoms with Crippen molar-refractivity contribution in [3.8, 4) is 0 Å². The molecule has 0 saturated carbocycles. The van der Waals surface area contributed by atoms with Gasteiger partial charge in [-0.05, 0) is 51.7 Å². The number of likely N-dealkylation sites (tertiary alicyclic amines) is 1. The van der Waals surface area contributed by atoms with Crippen molar-refractivity contribution < 1.29 is 8.78 Å². The number of piperidine rings is 1. The van der Waals surface area contributed by atoms with Crippen LogP contribution >= 0.6 is 0 Å². The zero-order valence-corrected chi connectivity index (χ0v) is 12.1. The number of likely N-dealkylation sites (N-methyl/N-ethyl adjacent to an activating group) is 1. The highest BCUT2D eigenvalue weighted by Crippen LogP contribution is 2.27. The van der Waals surface area contributed by atoms with Crippen molar-refractivity contribution in [3.63, 3.8) is 0 Å². The Hall–Kier alpha value is -1.04. The predicted octanol–water partition coefficient (Wildman–Crippen LogP) is 1.99. The van der Waals surface area contributed by atoms with Crippen LogP contribution < -0.4 is 5.73 Å². The van der Waals surface area contributed by atoms with Crippen molar-refractivity contribution in [1.82, 2.24) is 9.80 Å². The van der Waals surface area contributed by atoms with Crippen LogP contribution in [0.2, 0.25) is 0 Å². The largest absolute Gasteiger partial charge is 0.329 e. The maximum absolute atomic E-state index is 14.0. The van der Waals surface area contributed by atoms with E-state index in [9.17, 15) is 8.78 Å². The number of hydrogen-bond donors (Lipinski definition) is 1. The molecule has 112 valence electrons. The molecular weight excluding hydrogens is 260 g/mol. The summed E-state index contributed by atoms with van der Waals surface area (Å²) in [5.41, 5.74) is 6.20. The van der Waals surface area contributed by atoms with Gasteiger partial charge in [0.2, 0.25) is 0 Å². The molecule has 2 rings (SSSR count). The lowest BCUT2D eigenvalue weighted by Gasteiger charge is -2.40. The Balaban J connectivity index is 2.21. The predicted molar refractivity (Wildman–Crippen MR) is 76.4 cm³/mol. The van der Waals surface area contributed by atoms with Crippen LogP contribution in [0.5, 0.6) is 0 Å². The SMILES string of the molecule is CN(C)C1CCCN(C(CN)c2cc(F)ccc2F)C1. The van der Waals surface area contributed by atoms with Crippen LogP contribution in [0.4, 0.5) is 8.78 Å². The van der Waals surface area contributed by atoms with Gasteiger partial charge in [0.1, 0.15) is 11.6 Å². The quantitative estimate of drug-likeness (QED) is 0.917. The molecule has 1 aromatic carbocycles. The third-order valence-electron chi connectivity index (χ3n) is 4.14. The summed E-state index contributed by atoms with van der Waals surface area (Å²) >= 11 is 0. The lowest BCUT2D eigenvalue weighted by atomic mass is 9.98. The molecule has 0 radical (unpaired) electrons. The molecular formula is C15H23F2N3. The minimum absolute atomic E-state index is 0.256. The Kier molecular flexibility index (Phi) is 5.07. The van der Waals surface area contributed by atoms with Crippen LogP contribution in [0.25, 0.3) is 0 Å². The summed E-state index contributed by atoms with van der Waals surface area (Å²) in [6.45, 7) is 2.01. The normalized spacial score (nSPS) is 22.2. The molecule has 0 spiro atoms. The van der Waals surface area contributed by atoms with Crippen LogP contribution in [0, 0.1) is 11.6 Å². The van der Waals surface area contributed by atoms with Crippen LogP contribution in [-0.2, 0) is 0 Å². The van der Waals surface area contributed by atoms with Gasteiger partial charge in [0.25, 0.3) is 0 Å². The molecule has 0 aliphatic carbocycles. The molecule has 1 heterocycles. The van der Waals surface area contributed by atoms with E-state index in [1.165, 1.54) is 12.1 Å². The van der Waals surface area contributed by atoms with E-state index in [0.717, 1.165) is 32.0 Å². The van der Waals surface area contributed by atoms with Gasteiger partial charge in [-0.15, -0.1) is 0 Å². The third kappa shape index (κ3) is 3.34. The molecule has 1 aliphatic heterocycles. The molecule has 1 fully saturated rings. The zero-order chi connectivity index (χ0) is 14.7. The van der Waals surface area contributed by atoms with Crippen molar-refractivity contribution in [2.24, 2.45) is 5.73 Å². The molecule has 20 heavy (non-hydrogen) atoms. The fourth-order valence-electron chi connectivity index (χ4n) is 2.93. The Morgan fingerprint density at radius 2 is 2.15 bits per heavy atom. The van der Waals surface area contributed by atoms with Crippen molar-refractivity contribution in [1.29, 1.82) is 0 Å². The molecule has 0 amide bonds. The smallest absolute Gasteiger partial charge is 0.128 e. The molecule has 1 aromatic rings. The van der Waals surface area contributed by atoms with Gasteiger partial charge in [-0.1, -0.05) is 0 Å². The molecule has 2 N–H and O–H groups in total. The van der Waals surface area contributed by atoms with E-state index >= 15 is 0 Å². The van der Waals surface area contributed by atoms with Crippen molar-refractivity contribution in [2.45, 2.75) is 24.9 Å². The number of rotatable bonds is 4. The van der Waals surface area contributed by atoms with Crippen LogP contribution in [-0.4, -0.2) is 49.6 Å². The first-order valence-electron chi connectivity index (χ1n) is 7.08. The first-order chi connectivity index (χ1) is 9.52. The maximum atomic E-state index is 14.0. The lowest BCUT2D eigenvalue weighted by molar-refractivity contribution is 0.0968. The molecule has 0 bridgehead atoms. The summed E-state index contributed by atoms with van der Waals surface area (Å²) in [7, 11) is 4.10. The maximum Gasteiger partial charge on any atom is 0.128 e. The lowest BCUT2D eigenvalue weighted by Crippen LogP contribution is -2.48. The molecule has 1 aliphatic rings. The summed E-state index contributed by atoms with van der Waals surface area (Å²) in [6, 6.07) is 3.78. The second-order valence-electron chi connectivity index (χ2n) is 5.67. The Labute approximate surface area is 119 Å². The van der Waals surface area contributed by atoms with Gasteiger partial charge in [-0.2, -0.15) is 0 Å². The van der Waals surface area contributed by atoms with E-state index in [1.54, 1.807) is 0 Å². The number of hydrogen-bond acceptors (Lipinski definition) is 3. The van der Waals surface area contributed by atoms with Gasteiger partial charge in [-0.3, -0.25) is 4.90 Å². The third-order valence-corrected chi connectivity index (χ3v) is 4.14. The summed E-state index contributed by atoms with van der Waals surface area (Å²) in [5, 5.41) is 0. The Morgan fingerprint density at radius 1 is 1.40 bits per heavy atom. The van der Waals surface area contributed by atoms with Crippen molar-refractivity contribution in [3.05, 3.63) is 35.4 Å². The van der Waals surface area contributed by atoms with E-state index in [-0.39, 0.29) is 11.9 Å². The number of nitrogens with zero attached hydrogens (tertiary/aromatic N) is 2. The molecule has 3 nitrogen and oxygen atoms in total. The highest BCUT2D eigenvalue weighted by molar-refractivity contribution is 5.23. The van der Waals surface area contributed by atoms with E-state index in [1.807, 2.05) is 14.1 Å². The minimum Gasteiger partial charge on any atom is -0.329 e. The number of benzene rings is 1. The van der Waals surface area contributed by atoms with E-state index < -0.39 is 5.82 Å². The Bertz CT molecular complexity index is 451. The van der Waals surface area contributed by atoms with Gasteiger partial charge >= 0.3 is 0 Å². The molecule has 1 saturated heterocycles. The molecule has 2 unspecified atom stereocenters. The standard InChI is InChI=1S/C15H23F2N3/c1-19(2)12-4-3-7-20(10-12)15(9-18)13-8-11(16)5-6-14(13)17/h5-6,8,12,15H,3-4,7,9-10,18H2,1-2H3.